The van der Waals surface area contributed by atoms with Crippen LogP contribution in [0.4, 0.5) is 0 Å². The molecule has 3 heterocycles. The summed E-state index contributed by atoms with van der Waals surface area (Å²) >= 11 is 0. The van der Waals surface area contributed by atoms with Crippen molar-refractivity contribution in [2.45, 2.75) is 25.6 Å². The van der Waals surface area contributed by atoms with Gasteiger partial charge in [-0.2, -0.15) is 5.26 Å². The summed E-state index contributed by atoms with van der Waals surface area (Å²) in [6.45, 7) is 13.0. The van der Waals surface area contributed by atoms with Crippen molar-refractivity contribution in [1.29, 1.82) is 5.26 Å². The summed E-state index contributed by atoms with van der Waals surface area (Å²) in [5.41, 5.74) is 0.651. The van der Waals surface area contributed by atoms with Crippen molar-refractivity contribution in [2.75, 3.05) is 78.6 Å². The van der Waals surface area contributed by atoms with E-state index in [-0.39, 0.29) is 18.1 Å². The molecule has 174 valence electrons. The highest BCUT2D eigenvalue weighted by molar-refractivity contribution is 5.73. The van der Waals surface area contributed by atoms with Crippen LogP contribution in [-0.2, 0) is 9.53 Å². The first-order valence-corrected chi connectivity index (χ1v) is 11.8. The smallest absolute Gasteiger partial charge is 0.219 e. The van der Waals surface area contributed by atoms with Gasteiger partial charge in [0.15, 0.2) is 0 Å². The average molecular weight is 442 g/mol. The van der Waals surface area contributed by atoms with E-state index < -0.39 is 0 Å². The third kappa shape index (κ3) is 6.42. The number of nitrogens with zero attached hydrogens (tertiary/aromatic N) is 5. The van der Waals surface area contributed by atoms with Gasteiger partial charge in [-0.05, 0) is 43.8 Å². The molecule has 1 aromatic rings. The number of rotatable bonds is 8. The van der Waals surface area contributed by atoms with Crippen molar-refractivity contribution in [3.8, 4) is 11.8 Å². The molecule has 3 aliphatic rings. The van der Waals surface area contributed by atoms with Crippen LogP contribution in [0.2, 0.25) is 0 Å². The van der Waals surface area contributed by atoms with Gasteiger partial charge < -0.3 is 14.4 Å². The van der Waals surface area contributed by atoms with Crippen molar-refractivity contribution in [3.63, 3.8) is 0 Å². The molecule has 0 N–H and O–H groups in total. The van der Waals surface area contributed by atoms with Crippen LogP contribution < -0.4 is 4.74 Å². The molecule has 3 saturated heterocycles. The van der Waals surface area contributed by atoms with Gasteiger partial charge in [-0.15, -0.1) is 0 Å². The fourth-order valence-corrected chi connectivity index (χ4v) is 4.95. The normalized spacial score (nSPS) is 24.8. The maximum absolute atomic E-state index is 11.5. The minimum Gasteiger partial charge on any atom is -0.492 e. The molecule has 2 unspecified atom stereocenters. The van der Waals surface area contributed by atoms with Gasteiger partial charge >= 0.3 is 0 Å². The zero-order valence-corrected chi connectivity index (χ0v) is 19.1. The summed E-state index contributed by atoms with van der Waals surface area (Å²) in [5, 5.41) is 8.88. The van der Waals surface area contributed by atoms with E-state index in [9.17, 15) is 4.79 Å². The second-order valence-corrected chi connectivity index (χ2v) is 9.09. The molecule has 2 atom stereocenters. The molecule has 0 saturated carbocycles. The highest BCUT2D eigenvalue weighted by atomic mass is 16.5. The number of hydrogen-bond acceptors (Lipinski definition) is 7. The highest BCUT2D eigenvalue weighted by Gasteiger charge is 2.34. The van der Waals surface area contributed by atoms with E-state index in [4.69, 9.17) is 14.7 Å². The van der Waals surface area contributed by atoms with Gasteiger partial charge in [0.2, 0.25) is 5.91 Å². The third-order valence-electron chi connectivity index (χ3n) is 6.66. The summed E-state index contributed by atoms with van der Waals surface area (Å²) in [6, 6.07) is 9.41. The zero-order valence-electron chi connectivity index (χ0n) is 19.1. The second kappa shape index (κ2) is 11.1. The Morgan fingerprint density at radius 2 is 1.56 bits per heavy atom. The van der Waals surface area contributed by atoms with E-state index in [1.54, 1.807) is 19.1 Å². The molecule has 8 nitrogen and oxygen atoms in total. The number of morpholine rings is 2. The summed E-state index contributed by atoms with van der Waals surface area (Å²) < 4.78 is 12.1. The maximum Gasteiger partial charge on any atom is 0.219 e. The lowest BCUT2D eigenvalue weighted by molar-refractivity contribution is -0.139. The van der Waals surface area contributed by atoms with Gasteiger partial charge in [0.05, 0.1) is 23.8 Å². The lowest BCUT2D eigenvalue weighted by Gasteiger charge is -2.46. The molecule has 4 rings (SSSR count). The lowest BCUT2D eigenvalue weighted by atomic mass is 10.1. The van der Waals surface area contributed by atoms with E-state index in [0.29, 0.717) is 12.2 Å². The average Bonchev–Trinajstić information content (AvgIpc) is 2.79. The fourth-order valence-electron chi connectivity index (χ4n) is 4.95. The second-order valence-electron chi connectivity index (χ2n) is 9.09. The van der Waals surface area contributed by atoms with Crippen LogP contribution in [-0.4, -0.2) is 116 Å². The molecule has 3 aliphatic heterocycles. The minimum absolute atomic E-state index is 0.194. The van der Waals surface area contributed by atoms with Gasteiger partial charge in [-0.1, -0.05) is 0 Å². The van der Waals surface area contributed by atoms with Crippen LogP contribution in [0.3, 0.4) is 0 Å². The lowest BCUT2D eigenvalue weighted by Crippen LogP contribution is -2.60. The molecule has 3 fully saturated rings. The van der Waals surface area contributed by atoms with Crippen molar-refractivity contribution in [1.82, 2.24) is 19.6 Å². The van der Waals surface area contributed by atoms with E-state index >= 15 is 0 Å². The predicted molar refractivity (Wildman–Crippen MR) is 122 cm³/mol. The molecule has 0 radical (unpaired) electrons. The first-order chi connectivity index (χ1) is 15.6. The van der Waals surface area contributed by atoms with Crippen LogP contribution in [0.15, 0.2) is 24.3 Å². The number of piperazine rings is 1. The molecule has 0 aliphatic carbocycles. The van der Waals surface area contributed by atoms with Crippen LogP contribution >= 0.6 is 0 Å². The molecule has 0 spiro atoms. The first-order valence-electron chi connectivity index (χ1n) is 11.8. The monoisotopic (exact) mass is 441 g/mol. The largest absolute Gasteiger partial charge is 0.492 e. The number of amides is 1. The number of benzene rings is 1. The van der Waals surface area contributed by atoms with E-state index in [2.05, 4.69) is 20.8 Å². The van der Waals surface area contributed by atoms with Gasteiger partial charge in [-0.3, -0.25) is 19.5 Å². The molecule has 8 heteroatoms. The third-order valence-corrected chi connectivity index (χ3v) is 6.66. The number of carbonyl (C=O) groups excluding carboxylic acids is 1. The molecule has 0 aromatic heterocycles. The molecule has 2 bridgehead atoms. The molecule has 32 heavy (non-hydrogen) atoms. The first kappa shape index (κ1) is 23.0. The summed E-state index contributed by atoms with van der Waals surface area (Å²) in [7, 11) is 0. The zero-order chi connectivity index (χ0) is 22.3. The Kier molecular flexibility index (Phi) is 7.98. The Balaban J connectivity index is 1.11. The van der Waals surface area contributed by atoms with Crippen molar-refractivity contribution in [2.24, 2.45) is 0 Å². The van der Waals surface area contributed by atoms with Crippen LogP contribution in [0.5, 0.6) is 5.75 Å². The van der Waals surface area contributed by atoms with Crippen LogP contribution in [0, 0.1) is 11.3 Å². The topological polar surface area (TPSA) is 72.3 Å². The van der Waals surface area contributed by atoms with Crippen LogP contribution in [0.1, 0.15) is 18.9 Å². The number of ether oxygens (including phenoxy) is 2. The van der Waals surface area contributed by atoms with Crippen LogP contribution in [0.25, 0.3) is 0 Å². The number of fused-ring (bicyclic) bond motifs is 2. The molecular weight excluding hydrogens is 406 g/mol. The Morgan fingerprint density at radius 3 is 2.16 bits per heavy atom. The van der Waals surface area contributed by atoms with Crippen molar-refractivity contribution in [3.05, 3.63) is 29.8 Å². The number of nitriles is 1. The Hall–Kier alpha value is -2.18. The quantitative estimate of drug-likeness (QED) is 0.593. The Labute approximate surface area is 191 Å². The van der Waals surface area contributed by atoms with E-state index in [0.717, 1.165) is 77.7 Å². The summed E-state index contributed by atoms with van der Waals surface area (Å²) in [6.07, 6.45) is 1.72. The summed E-state index contributed by atoms with van der Waals surface area (Å²) in [5.74, 6) is 1.01. The standard InChI is InChI=1S/C24H35N5O3/c1-20(30)29-11-9-26(10-12-29)7-2-8-27-16-23-18-28(19-24(17-27)32-23)13-14-31-22-5-3-21(15-25)4-6-22/h3-6,23-24H,2,7-14,16-19H2,1H3. The number of carbonyl (C=O) groups is 1. The van der Waals surface area contributed by atoms with Gasteiger partial charge in [0.1, 0.15) is 12.4 Å². The summed E-state index contributed by atoms with van der Waals surface area (Å²) in [4.78, 5) is 20.9. The molecular formula is C24H35N5O3. The van der Waals surface area contributed by atoms with E-state index in [1.165, 1.54) is 6.42 Å². The van der Waals surface area contributed by atoms with Crippen molar-refractivity contribution >= 4 is 5.91 Å². The highest BCUT2D eigenvalue weighted by Crippen LogP contribution is 2.20. The maximum atomic E-state index is 11.5. The van der Waals surface area contributed by atoms with Gasteiger partial charge in [0.25, 0.3) is 0 Å². The fraction of sp³-hybridized carbons (Fsp3) is 0.667. The molecule has 1 aromatic carbocycles. The Bertz CT molecular complexity index is 774. The van der Waals surface area contributed by atoms with Gasteiger partial charge in [-0.25, -0.2) is 0 Å². The van der Waals surface area contributed by atoms with E-state index in [1.807, 2.05) is 17.0 Å². The SMILES string of the molecule is CC(=O)N1CCN(CCCN2CC3CN(CCOc4ccc(C#N)cc4)CC(C2)O3)CC1. The molecule has 1 amide bonds. The minimum atomic E-state index is 0.194. The van der Waals surface area contributed by atoms with Crippen molar-refractivity contribution < 1.29 is 14.3 Å². The Morgan fingerprint density at radius 1 is 0.969 bits per heavy atom. The number of hydrogen-bond donors (Lipinski definition) is 0. The predicted octanol–water partition coefficient (Wildman–Crippen LogP) is 0.876. The van der Waals surface area contributed by atoms with Gasteiger partial charge in [0, 0.05) is 65.8 Å².